The Labute approximate surface area is 246 Å². The predicted molar refractivity (Wildman–Crippen MR) is 161 cm³/mol. The van der Waals surface area contributed by atoms with Crippen molar-refractivity contribution in [2.75, 3.05) is 18.6 Å². The summed E-state index contributed by atoms with van der Waals surface area (Å²) >= 11 is 1.16. The van der Waals surface area contributed by atoms with E-state index in [0.717, 1.165) is 28.2 Å². The summed E-state index contributed by atoms with van der Waals surface area (Å²) in [6.45, 7) is 6.05. The van der Waals surface area contributed by atoms with Gasteiger partial charge in [0.05, 0.1) is 48.8 Å². The summed E-state index contributed by atoms with van der Waals surface area (Å²) in [6.07, 6.45) is 0. The number of thiazole rings is 1. The van der Waals surface area contributed by atoms with Crippen LogP contribution in [-0.2, 0) is 20.9 Å². The molecule has 0 spiro atoms. The number of anilines is 1. The third-order valence-electron chi connectivity index (χ3n) is 7.54. The van der Waals surface area contributed by atoms with Gasteiger partial charge in [0.25, 0.3) is 11.5 Å². The number of allylic oxidation sites excluding steroid dienone is 1. The first-order valence-electron chi connectivity index (χ1n) is 13.6. The van der Waals surface area contributed by atoms with E-state index in [1.807, 2.05) is 67.6 Å². The highest BCUT2D eigenvalue weighted by molar-refractivity contribution is 7.07. The Morgan fingerprint density at radius 3 is 2.38 bits per heavy atom. The van der Waals surface area contributed by atoms with Crippen molar-refractivity contribution in [1.29, 1.82) is 0 Å². The summed E-state index contributed by atoms with van der Waals surface area (Å²) in [5, 5.41) is 0. The number of hydrogen-bond donors (Lipinski definition) is 0. The van der Waals surface area contributed by atoms with Gasteiger partial charge in [-0.15, -0.1) is 0 Å². The van der Waals surface area contributed by atoms with Gasteiger partial charge in [0.1, 0.15) is 10.3 Å². The number of aryl methyl sites for hydroxylation is 1. The SMILES string of the molecule is CCOC(=O)C1=C(C)N=c2sc(=C3C(=O)N(Cc4ccc(C)cc4)c4ccccc43)c(=O)n2C1c1ccc(OC)cc1. The molecule has 8 nitrogen and oxygen atoms in total. The lowest BCUT2D eigenvalue weighted by molar-refractivity contribution is -0.139. The first-order valence-corrected chi connectivity index (χ1v) is 14.5. The quantitative estimate of drug-likeness (QED) is 0.322. The summed E-state index contributed by atoms with van der Waals surface area (Å²) < 4.78 is 12.5. The van der Waals surface area contributed by atoms with Gasteiger partial charge in [0.2, 0.25) is 0 Å². The molecule has 3 aromatic carbocycles. The fourth-order valence-electron chi connectivity index (χ4n) is 5.48. The molecule has 3 heterocycles. The van der Waals surface area contributed by atoms with Crippen molar-refractivity contribution >= 4 is 34.5 Å². The molecule has 4 aromatic rings. The molecule has 42 heavy (non-hydrogen) atoms. The van der Waals surface area contributed by atoms with E-state index in [1.165, 1.54) is 4.57 Å². The third-order valence-corrected chi connectivity index (χ3v) is 8.59. The molecule has 212 valence electrons. The van der Waals surface area contributed by atoms with Gasteiger partial charge in [-0.1, -0.05) is 71.5 Å². The average Bonchev–Trinajstić information content (AvgIpc) is 3.45. The largest absolute Gasteiger partial charge is 0.497 e. The number of amides is 1. The van der Waals surface area contributed by atoms with Crippen LogP contribution >= 0.6 is 11.3 Å². The number of methoxy groups -OCH3 is 1. The fraction of sp³-hybridized carbons (Fsp3) is 0.212. The molecule has 1 aromatic heterocycles. The second-order valence-electron chi connectivity index (χ2n) is 10.2. The third kappa shape index (κ3) is 4.55. The van der Waals surface area contributed by atoms with Gasteiger partial charge in [-0.2, -0.15) is 0 Å². The minimum Gasteiger partial charge on any atom is -0.497 e. The maximum Gasteiger partial charge on any atom is 0.338 e. The number of carbonyl (C=O) groups excluding carboxylic acids is 2. The highest BCUT2D eigenvalue weighted by Crippen LogP contribution is 2.37. The Morgan fingerprint density at radius 2 is 1.69 bits per heavy atom. The predicted octanol–water partition coefficient (Wildman–Crippen LogP) is 4.03. The zero-order valence-corrected chi connectivity index (χ0v) is 24.5. The Bertz CT molecular complexity index is 1930. The number of aromatic nitrogens is 1. The van der Waals surface area contributed by atoms with Crippen LogP contribution in [0.1, 0.15) is 42.1 Å². The second kappa shape index (κ2) is 10.9. The Morgan fingerprint density at radius 1 is 0.976 bits per heavy atom. The highest BCUT2D eigenvalue weighted by Gasteiger charge is 2.37. The minimum atomic E-state index is -0.782. The molecule has 1 atom stereocenters. The standard InChI is InChI=1S/C33H29N3O5S/c1-5-41-32(39)26-20(3)34-33-36(28(26)22-14-16-23(40-4)17-15-22)31(38)29(42-33)27-24-8-6-7-9-25(24)35(30(27)37)18-21-12-10-19(2)11-13-21/h6-17,28H,5,18H2,1-4H3. The monoisotopic (exact) mass is 579 g/mol. The number of nitrogens with zero attached hydrogens (tertiary/aromatic N) is 3. The molecule has 6 rings (SSSR count). The molecule has 1 amide bonds. The molecule has 0 saturated heterocycles. The van der Waals surface area contributed by atoms with Gasteiger partial charge in [-0.3, -0.25) is 14.2 Å². The van der Waals surface area contributed by atoms with Crippen molar-refractivity contribution in [3.63, 3.8) is 0 Å². The van der Waals surface area contributed by atoms with Crippen LogP contribution < -0.4 is 24.5 Å². The van der Waals surface area contributed by atoms with Crippen molar-refractivity contribution in [2.24, 2.45) is 4.99 Å². The summed E-state index contributed by atoms with van der Waals surface area (Å²) in [7, 11) is 1.58. The van der Waals surface area contributed by atoms with Crippen LogP contribution in [0.4, 0.5) is 5.69 Å². The second-order valence-corrected chi connectivity index (χ2v) is 11.1. The van der Waals surface area contributed by atoms with E-state index in [2.05, 4.69) is 4.99 Å². The van der Waals surface area contributed by atoms with E-state index in [4.69, 9.17) is 9.47 Å². The maximum absolute atomic E-state index is 14.3. The van der Waals surface area contributed by atoms with Crippen LogP contribution in [0, 0.1) is 6.92 Å². The number of ether oxygens (including phenoxy) is 2. The first-order chi connectivity index (χ1) is 20.3. The van der Waals surface area contributed by atoms with E-state index in [-0.39, 0.29) is 28.2 Å². The zero-order valence-electron chi connectivity index (χ0n) is 23.7. The Balaban J connectivity index is 1.56. The zero-order chi connectivity index (χ0) is 29.5. The van der Waals surface area contributed by atoms with Gasteiger partial charge >= 0.3 is 5.97 Å². The number of benzene rings is 3. The van der Waals surface area contributed by atoms with Crippen LogP contribution in [0.25, 0.3) is 5.57 Å². The van der Waals surface area contributed by atoms with Gasteiger partial charge in [-0.25, -0.2) is 9.79 Å². The lowest BCUT2D eigenvalue weighted by Crippen LogP contribution is -2.41. The molecule has 9 heteroatoms. The van der Waals surface area contributed by atoms with E-state index in [9.17, 15) is 14.4 Å². The van der Waals surface area contributed by atoms with E-state index in [1.54, 1.807) is 38.0 Å². The summed E-state index contributed by atoms with van der Waals surface area (Å²) in [5.74, 6) is -0.137. The molecule has 1 unspecified atom stereocenters. The Hall–Kier alpha value is -4.76. The van der Waals surface area contributed by atoms with Crippen LogP contribution in [0.2, 0.25) is 0 Å². The van der Waals surface area contributed by atoms with E-state index < -0.39 is 12.0 Å². The van der Waals surface area contributed by atoms with Crippen molar-refractivity contribution < 1.29 is 19.1 Å². The van der Waals surface area contributed by atoms with E-state index >= 15 is 0 Å². The van der Waals surface area contributed by atoms with Gasteiger partial charge in [0.15, 0.2) is 4.80 Å². The van der Waals surface area contributed by atoms with Crippen molar-refractivity contribution in [3.8, 4) is 5.75 Å². The summed E-state index contributed by atoms with van der Waals surface area (Å²) in [5.41, 5.74) is 4.97. The van der Waals surface area contributed by atoms with Gasteiger partial charge in [0, 0.05) is 5.56 Å². The summed E-state index contributed by atoms with van der Waals surface area (Å²) in [6, 6.07) is 22.0. The lowest BCUT2D eigenvalue weighted by atomic mass is 9.96. The number of esters is 1. The van der Waals surface area contributed by atoms with Crippen LogP contribution in [0.15, 0.2) is 93.9 Å². The normalized spacial score (nSPS) is 17.1. The highest BCUT2D eigenvalue weighted by atomic mass is 32.1. The minimum absolute atomic E-state index is 0.182. The number of carbonyl (C=O) groups is 2. The maximum atomic E-state index is 14.3. The molecular weight excluding hydrogens is 550 g/mol. The molecule has 0 bridgehead atoms. The van der Waals surface area contributed by atoms with Crippen molar-refractivity contribution in [1.82, 2.24) is 4.57 Å². The van der Waals surface area contributed by atoms with Crippen LogP contribution in [0.5, 0.6) is 5.75 Å². The average molecular weight is 580 g/mol. The topological polar surface area (TPSA) is 90.2 Å². The number of para-hydroxylation sites is 1. The molecule has 0 saturated carbocycles. The molecule has 0 fully saturated rings. The van der Waals surface area contributed by atoms with Gasteiger partial charge < -0.3 is 14.4 Å². The number of fused-ring (bicyclic) bond motifs is 2. The summed E-state index contributed by atoms with van der Waals surface area (Å²) in [4.78, 5) is 48.4. The molecule has 2 aliphatic rings. The molecule has 2 aliphatic heterocycles. The van der Waals surface area contributed by atoms with Gasteiger partial charge in [-0.05, 0) is 50.1 Å². The van der Waals surface area contributed by atoms with Crippen molar-refractivity contribution in [2.45, 2.75) is 33.4 Å². The smallest absolute Gasteiger partial charge is 0.338 e. The van der Waals surface area contributed by atoms with Crippen LogP contribution in [-0.4, -0.2) is 30.2 Å². The van der Waals surface area contributed by atoms with E-state index in [0.29, 0.717) is 39.5 Å². The number of rotatable bonds is 6. The Kier molecular flexibility index (Phi) is 7.12. The van der Waals surface area contributed by atoms with Crippen LogP contribution in [0.3, 0.4) is 0 Å². The fourth-order valence-corrected chi connectivity index (χ4v) is 6.61. The lowest BCUT2D eigenvalue weighted by Gasteiger charge is -2.24. The van der Waals surface area contributed by atoms with Crippen molar-refractivity contribution in [3.05, 3.63) is 126 Å². The molecule has 0 aliphatic carbocycles. The first kappa shape index (κ1) is 27.4. The number of hydrogen-bond acceptors (Lipinski definition) is 7. The molecule has 0 N–H and O–H groups in total. The molecular formula is C33H29N3O5S. The molecule has 0 radical (unpaired) electrons.